The largest absolute Gasteiger partial charge is 1.00 e. The van der Waals surface area contributed by atoms with Gasteiger partial charge in [-0.3, -0.25) is 4.79 Å². The van der Waals surface area contributed by atoms with Crippen molar-refractivity contribution < 1.29 is 44.3 Å². The minimum Gasteiger partial charge on any atom is -0.545 e. The number of primary amides is 1. The molecule has 1 rings (SSSR count). The summed E-state index contributed by atoms with van der Waals surface area (Å²) in [5.74, 6) is -2.04. The van der Waals surface area contributed by atoms with Crippen molar-refractivity contribution in [3.63, 3.8) is 0 Å². The zero-order valence-corrected chi connectivity index (χ0v) is 22.1. The van der Waals surface area contributed by atoms with Crippen LogP contribution in [0.15, 0.2) is 18.2 Å². The van der Waals surface area contributed by atoms with Crippen LogP contribution in [0.1, 0.15) is 136 Å². The zero-order chi connectivity index (χ0) is 22.0. The van der Waals surface area contributed by atoms with E-state index in [1.807, 2.05) is 0 Å². The van der Waals surface area contributed by atoms with Crippen LogP contribution in [0.5, 0.6) is 0 Å². The van der Waals surface area contributed by atoms with Crippen molar-refractivity contribution in [3.8, 4) is 0 Å². The Morgan fingerprint density at radius 2 is 1.16 bits per heavy atom. The SMILES string of the molecule is CCCCCCCCCCCCCCCCCCc1cccc(C(=O)[O-])c1C(N)=O.[Na+]. The quantitative estimate of drug-likeness (QED) is 0.266. The number of carbonyl (C=O) groups excluding carboxylic acids is 2. The van der Waals surface area contributed by atoms with Gasteiger partial charge in [-0.25, -0.2) is 0 Å². The van der Waals surface area contributed by atoms with Gasteiger partial charge in [0.2, 0.25) is 5.91 Å². The molecule has 0 fully saturated rings. The van der Waals surface area contributed by atoms with Crippen LogP contribution in [0.2, 0.25) is 0 Å². The summed E-state index contributed by atoms with van der Waals surface area (Å²) in [7, 11) is 0. The van der Waals surface area contributed by atoms with E-state index >= 15 is 0 Å². The fourth-order valence-electron chi connectivity index (χ4n) is 4.13. The van der Waals surface area contributed by atoms with Gasteiger partial charge in [0.15, 0.2) is 0 Å². The van der Waals surface area contributed by atoms with E-state index in [0.717, 1.165) is 18.4 Å². The van der Waals surface area contributed by atoms with Crippen molar-refractivity contribution >= 4 is 11.9 Å². The van der Waals surface area contributed by atoms with Gasteiger partial charge in [-0.1, -0.05) is 121 Å². The Labute approximate surface area is 212 Å². The average Bonchev–Trinajstić information content (AvgIpc) is 2.73. The maximum atomic E-state index is 11.6. The molecule has 1 aromatic rings. The van der Waals surface area contributed by atoms with Crippen LogP contribution in [0.4, 0.5) is 0 Å². The number of hydrogen-bond donors (Lipinski definition) is 1. The van der Waals surface area contributed by atoms with Gasteiger partial charge >= 0.3 is 29.6 Å². The van der Waals surface area contributed by atoms with Crippen LogP contribution >= 0.6 is 0 Å². The number of benzene rings is 1. The molecule has 0 bridgehead atoms. The Morgan fingerprint density at radius 1 is 0.742 bits per heavy atom. The molecule has 170 valence electrons. The minimum atomic E-state index is -1.35. The van der Waals surface area contributed by atoms with Gasteiger partial charge in [-0.15, -0.1) is 0 Å². The first-order chi connectivity index (χ1) is 14.6. The first-order valence-corrected chi connectivity index (χ1v) is 12.2. The Bertz CT molecular complexity index is 619. The minimum absolute atomic E-state index is 0. The van der Waals surface area contributed by atoms with Crippen LogP contribution in [-0.2, 0) is 6.42 Å². The zero-order valence-electron chi connectivity index (χ0n) is 20.1. The Balaban J connectivity index is 0.00000900. The molecule has 1 amide bonds. The van der Waals surface area contributed by atoms with Gasteiger partial charge < -0.3 is 15.6 Å². The molecule has 31 heavy (non-hydrogen) atoms. The van der Waals surface area contributed by atoms with Gasteiger partial charge in [0.25, 0.3) is 0 Å². The molecule has 1 aromatic carbocycles. The molecule has 0 saturated heterocycles. The molecule has 0 aliphatic heterocycles. The molecule has 5 heteroatoms. The average molecular weight is 440 g/mol. The molecular formula is C26H42NNaO3. The number of nitrogens with two attached hydrogens (primary N) is 1. The third-order valence-corrected chi connectivity index (χ3v) is 5.92. The summed E-state index contributed by atoms with van der Waals surface area (Å²) in [5.41, 5.74) is 6.11. The summed E-state index contributed by atoms with van der Waals surface area (Å²) < 4.78 is 0. The standard InChI is InChI=1S/C26H43NO3.Na/c1-2-3-4-5-6-7-8-9-10-11-12-13-14-15-16-17-19-22-20-18-21-23(26(29)30)24(22)25(27)28;/h18,20-21H,2-17,19H2,1H3,(H2,27,28)(H,29,30);/q;+1/p-1. The monoisotopic (exact) mass is 439 g/mol. The summed E-state index contributed by atoms with van der Waals surface area (Å²) in [6.07, 6.45) is 21.7. The van der Waals surface area contributed by atoms with E-state index in [0.29, 0.717) is 6.42 Å². The molecule has 0 atom stereocenters. The van der Waals surface area contributed by atoms with Crippen LogP contribution < -0.4 is 40.4 Å². The van der Waals surface area contributed by atoms with Crippen molar-refractivity contribution in [1.82, 2.24) is 0 Å². The third kappa shape index (κ3) is 14.0. The first-order valence-electron chi connectivity index (χ1n) is 12.2. The smallest absolute Gasteiger partial charge is 0.545 e. The van der Waals surface area contributed by atoms with E-state index in [1.54, 1.807) is 12.1 Å². The van der Waals surface area contributed by atoms with Gasteiger partial charge in [0.1, 0.15) is 0 Å². The van der Waals surface area contributed by atoms with Crippen LogP contribution in [0.25, 0.3) is 0 Å². The van der Waals surface area contributed by atoms with Crippen LogP contribution in [-0.4, -0.2) is 11.9 Å². The molecule has 0 spiro atoms. The Hall–Kier alpha value is -0.840. The van der Waals surface area contributed by atoms with Crippen molar-refractivity contribution in [3.05, 3.63) is 34.9 Å². The van der Waals surface area contributed by atoms with Crippen molar-refractivity contribution in [2.75, 3.05) is 0 Å². The summed E-state index contributed by atoms with van der Waals surface area (Å²) in [5, 5.41) is 11.2. The Morgan fingerprint density at radius 3 is 1.55 bits per heavy atom. The molecule has 2 N–H and O–H groups in total. The second-order valence-electron chi connectivity index (χ2n) is 8.54. The van der Waals surface area contributed by atoms with Gasteiger partial charge in [-0.05, 0) is 18.4 Å². The number of aromatic carboxylic acids is 1. The normalized spacial score (nSPS) is 10.6. The number of aryl methyl sites for hydroxylation is 1. The van der Waals surface area contributed by atoms with Crippen molar-refractivity contribution in [2.24, 2.45) is 5.73 Å². The molecule has 4 nitrogen and oxygen atoms in total. The van der Waals surface area contributed by atoms with Crippen molar-refractivity contribution in [2.45, 2.75) is 116 Å². The van der Waals surface area contributed by atoms with Gasteiger partial charge in [0, 0.05) is 5.56 Å². The molecular weight excluding hydrogens is 397 g/mol. The predicted octanol–water partition coefficient (Wildman–Crippen LogP) is 2.96. The van der Waals surface area contributed by atoms with E-state index in [9.17, 15) is 14.7 Å². The second-order valence-corrected chi connectivity index (χ2v) is 8.54. The molecule has 0 unspecified atom stereocenters. The van der Waals surface area contributed by atoms with Crippen LogP contribution in [0.3, 0.4) is 0 Å². The molecule has 0 aromatic heterocycles. The number of amides is 1. The summed E-state index contributed by atoms with van der Waals surface area (Å²) in [6.45, 7) is 2.27. The first kappa shape index (κ1) is 30.2. The number of carboxylic acid groups (broad SMARTS) is 1. The van der Waals surface area contributed by atoms with Gasteiger partial charge in [0.05, 0.1) is 11.5 Å². The van der Waals surface area contributed by atoms with Crippen LogP contribution in [0, 0.1) is 0 Å². The summed E-state index contributed by atoms with van der Waals surface area (Å²) in [6, 6.07) is 4.82. The number of hydrogen-bond acceptors (Lipinski definition) is 3. The summed E-state index contributed by atoms with van der Waals surface area (Å²) in [4.78, 5) is 22.8. The number of rotatable bonds is 19. The maximum absolute atomic E-state index is 11.6. The molecule has 0 saturated carbocycles. The third-order valence-electron chi connectivity index (χ3n) is 5.92. The summed E-state index contributed by atoms with van der Waals surface area (Å²) >= 11 is 0. The fourth-order valence-corrected chi connectivity index (χ4v) is 4.13. The second kappa shape index (κ2) is 19.8. The number of carboxylic acids is 1. The van der Waals surface area contributed by atoms with Crippen molar-refractivity contribution in [1.29, 1.82) is 0 Å². The van der Waals surface area contributed by atoms with Gasteiger partial charge in [-0.2, -0.15) is 0 Å². The topological polar surface area (TPSA) is 83.2 Å². The molecule has 0 heterocycles. The number of carbonyl (C=O) groups is 2. The van der Waals surface area contributed by atoms with E-state index < -0.39 is 11.9 Å². The molecule has 0 aliphatic rings. The molecule has 0 radical (unpaired) electrons. The Kier molecular flexibility index (Phi) is 19.3. The number of unbranched alkanes of at least 4 members (excludes halogenated alkanes) is 15. The fraction of sp³-hybridized carbons (Fsp3) is 0.692. The van der Waals surface area contributed by atoms with E-state index in [1.165, 1.54) is 96.0 Å². The molecule has 0 aliphatic carbocycles. The van der Waals surface area contributed by atoms with E-state index in [4.69, 9.17) is 5.73 Å². The van der Waals surface area contributed by atoms with E-state index in [2.05, 4.69) is 6.92 Å². The van der Waals surface area contributed by atoms with E-state index in [-0.39, 0.29) is 40.7 Å². The predicted molar refractivity (Wildman–Crippen MR) is 123 cm³/mol. The maximum Gasteiger partial charge on any atom is 1.00 e.